The molecule has 0 spiro atoms. The summed E-state index contributed by atoms with van der Waals surface area (Å²) in [4.78, 5) is 2.68. The Bertz CT molecular complexity index is 155. The van der Waals surface area contributed by atoms with Crippen molar-refractivity contribution in [2.45, 2.75) is 44.7 Å². The van der Waals surface area contributed by atoms with Gasteiger partial charge in [-0.1, -0.05) is 6.92 Å². The van der Waals surface area contributed by atoms with Crippen molar-refractivity contribution in [2.24, 2.45) is 5.92 Å². The summed E-state index contributed by atoms with van der Waals surface area (Å²) in [5.41, 5.74) is 0. The summed E-state index contributed by atoms with van der Waals surface area (Å²) in [6.45, 7) is 5.07. The Labute approximate surface area is 81.7 Å². The average Bonchev–Trinajstić information content (AvgIpc) is 2.13. The van der Waals surface area contributed by atoms with Crippen LogP contribution in [-0.2, 0) is 0 Å². The number of likely N-dealkylation sites (tertiary alicyclic amines) is 1. The molecule has 1 N–H and O–H groups in total. The molecule has 0 radical (unpaired) electrons. The van der Waals surface area contributed by atoms with Crippen LogP contribution >= 0.6 is 0 Å². The number of hydrogen-bond donors (Lipinski definition) is 1. The van der Waals surface area contributed by atoms with E-state index in [1.165, 1.54) is 38.8 Å². The Hall–Kier alpha value is -0.0800. The first-order chi connectivity index (χ1) is 6.29. The molecule has 2 nitrogen and oxygen atoms in total. The van der Waals surface area contributed by atoms with Crippen LogP contribution in [0.5, 0.6) is 0 Å². The summed E-state index contributed by atoms with van der Waals surface area (Å²) in [6.07, 6.45) is 5.59. The molecule has 2 heteroatoms. The van der Waals surface area contributed by atoms with Crippen molar-refractivity contribution in [3.63, 3.8) is 0 Å². The molecule has 13 heavy (non-hydrogen) atoms. The van der Waals surface area contributed by atoms with Gasteiger partial charge in [-0.05, 0) is 38.6 Å². The average molecular weight is 182 g/mol. The van der Waals surface area contributed by atoms with E-state index in [1.54, 1.807) is 0 Å². The van der Waals surface area contributed by atoms with Gasteiger partial charge in [-0.25, -0.2) is 0 Å². The Morgan fingerprint density at radius 1 is 1.08 bits per heavy atom. The van der Waals surface area contributed by atoms with Crippen LogP contribution in [0.4, 0.5) is 0 Å². The second-order valence-electron chi connectivity index (χ2n) is 4.85. The summed E-state index contributed by atoms with van der Waals surface area (Å²) >= 11 is 0. The van der Waals surface area contributed by atoms with Crippen LogP contribution in [0.15, 0.2) is 0 Å². The molecule has 2 rings (SSSR count). The van der Waals surface area contributed by atoms with E-state index in [0.717, 1.165) is 18.0 Å². The first kappa shape index (κ1) is 9.47. The van der Waals surface area contributed by atoms with Crippen molar-refractivity contribution < 1.29 is 0 Å². The van der Waals surface area contributed by atoms with E-state index in [1.807, 2.05) is 0 Å². The van der Waals surface area contributed by atoms with E-state index < -0.39 is 0 Å². The fourth-order valence-electron chi connectivity index (χ4n) is 2.77. The molecule has 1 saturated carbocycles. The zero-order valence-corrected chi connectivity index (χ0v) is 8.92. The molecule has 0 bridgehead atoms. The molecular weight excluding hydrogens is 160 g/mol. The molecule has 0 aromatic carbocycles. The molecule has 2 aliphatic rings. The maximum absolute atomic E-state index is 3.39. The van der Waals surface area contributed by atoms with Gasteiger partial charge in [-0.15, -0.1) is 0 Å². The van der Waals surface area contributed by atoms with Crippen LogP contribution in [0.3, 0.4) is 0 Å². The molecule has 0 aromatic heterocycles. The van der Waals surface area contributed by atoms with E-state index in [4.69, 9.17) is 0 Å². The molecule has 0 atom stereocenters. The molecule has 0 aromatic rings. The van der Waals surface area contributed by atoms with Gasteiger partial charge in [0.25, 0.3) is 0 Å². The first-order valence-corrected chi connectivity index (χ1v) is 5.71. The molecule has 1 saturated heterocycles. The predicted octanol–water partition coefficient (Wildman–Crippen LogP) is 1.47. The summed E-state index contributed by atoms with van der Waals surface area (Å²) in [5.74, 6) is 0.960. The predicted molar refractivity (Wildman–Crippen MR) is 55.8 cm³/mol. The third kappa shape index (κ3) is 2.05. The van der Waals surface area contributed by atoms with Gasteiger partial charge < -0.3 is 5.32 Å². The molecule has 2 fully saturated rings. The number of rotatable bonds is 2. The third-order valence-electron chi connectivity index (χ3n) is 3.71. The summed E-state index contributed by atoms with van der Waals surface area (Å²) < 4.78 is 0. The van der Waals surface area contributed by atoms with Gasteiger partial charge >= 0.3 is 0 Å². The molecule has 76 valence electrons. The SMILES string of the molecule is CNC1CCC(N2CC(C)C2)CC1. The molecule has 0 amide bonds. The third-order valence-corrected chi connectivity index (χ3v) is 3.71. The van der Waals surface area contributed by atoms with Gasteiger partial charge in [0, 0.05) is 25.2 Å². The second kappa shape index (κ2) is 3.97. The maximum atomic E-state index is 3.39. The van der Waals surface area contributed by atoms with Gasteiger partial charge in [0.1, 0.15) is 0 Å². The molecule has 1 aliphatic carbocycles. The highest BCUT2D eigenvalue weighted by molar-refractivity contribution is 4.87. The maximum Gasteiger partial charge on any atom is 0.00966 e. The van der Waals surface area contributed by atoms with Crippen molar-refractivity contribution >= 4 is 0 Å². The van der Waals surface area contributed by atoms with Gasteiger partial charge in [0.05, 0.1) is 0 Å². The quantitative estimate of drug-likeness (QED) is 0.695. The number of nitrogens with one attached hydrogen (secondary N) is 1. The minimum Gasteiger partial charge on any atom is -0.317 e. The highest BCUT2D eigenvalue weighted by Crippen LogP contribution is 2.28. The van der Waals surface area contributed by atoms with Crippen molar-refractivity contribution in [3.05, 3.63) is 0 Å². The van der Waals surface area contributed by atoms with Crippen LogP contribution in [-0.4, -0.2) is 37.1 Å². The lowest BCUT2D eigenvalue weighted by Crippen LogP contribution is -2.52. The first-order valence-electron chi connectivity index (χ1n) is 5.71. The fourth-order valence-corrected chi connectivity index (χ4v) is 2.77. The smallest absolute Gasteiger partial charge is 0.00966 e. The van der Waals surface area contributed by atoms with E-state index in [2.05, 4.69) is 24.2 Å². The minimum absolute atomic E-state index is 0.801. The van der Waals surface area contributed by atoms with Gasteiger partial charge in [0.15, 0.2) is 0 Å². The van der Waals surface area contributed by atoms with Crippen molar-refractivity contribution in [2.75, 3.05) is 20.1 Å². The molecule has 0 unspecified atom stereocenters. The highest BCUT2D eigenvalue weighted by Gasteiger charge is 2.31. The lowest BCUT2D eigenvalue weighted by molar-refractivity contribution is 0.0397. The van der Waals surface area contributed by atoms with E-state index >= 15 is 0 Å². The molecule has 1 aliphatic heterocycles. The monoisotopic (exact) mass is 182 g/mol. The summed E-state index contributed by atoms with van der Waals surface area (Å²) in [5, 5.41) is 3.39. The Balaban J connectivity index is 1.72. The van der Waals surface area contributed by atoms with Crippen molar-refractivity contribution in [3.8, 4) is 0 Å². The highest BCUT2D eigenvalue weighted by atomic mass is 15.2. The Morgan fingerprint density at radius 2 is 1.69 bits per heavy atom. The standard InChI is InChI=1S/C11H22N2/c1-9-7-13(8-9)11-5-3-10(12-2)4-6-11/h9-12H,3-8H2,1-2H3. The largest absolute Gasteiger partial charge is 0.317 e. The number of hydrogen-bond acceptors (Lipinski definition) is 2. The lowest BCUT2D eigenvalue weighted by Gasteiger charge is -2.45. The van der Waals surface area contributed by atoms with Crippen LogP contribution in [0.1, 0.15) is 32.6 Å². The van der Waals surface area contributed by atoms with Crippen molar-refractivity contribution in [1.82, 2.24) is 10.2 Å². The topological polar surface area (TPSA) is 15.3 Å². The summed E-state index contributed by atoms with van der Waals surface area (Å²) in [6, 6.07) is 1.72. The van der Waals surface area contributed by atoms with Crippen LogP contribution in [0.2, 0.25) is 0 Å². The lowest BCUT2D eigenvalue weighted by atomic mass is 9.87. The van der Waals surface area contributed by atoms with Gasteiger partial charge in [0.2, 0.25) is 0 Å². The zero-order valence-electron chi connectivity index (χ0n) is 8.92. The Kier molecular flexibility index (Phi) is 2.89. The van der Waals surface area contributed by atoms with Gasteiger partial charge in [-0.3, -0.25) is 4.90 Å². The van der Waals surface area contributed by atoms with E-state index in [9.17, 15) is 0 Å². The molecule has 1 heterocycles. The fraction of sp³-hybridized carbons (Fsp3) is 1.00. The van der Waals surface area contributed by atoms with Gasteiger partial charge in [-0.2, -0.15) is 0 Å². The van der Waals surface area contributed by atoms with Crippen LogP contribution < -0.4 is 5.32 Å². The number of nitrogens with zero attached hydrogens (tertiary/aromatic N) is 1. The molecular formula is C11H22N2. The van der Waals surface area contributed by atoms with Crippen LogP contribution in [0.25, 0.3) is 0 Å². The zero-order chi connectivity index (χ0) is 9.26. The van der Waals surface area contributed by atoms with Crippen LogP contribution in [0, 0.1) is 5.92 Å². The normalized spacial score (nSPS) is 37.4. The second-order valence-corrected chi connectivity index (χ2v) is 4.85. The summed E-state index contributed by atoms with van der Waals surface area (Å²) in [7, 11) is 2.09. The van der Waals surface area contributed by atoms with Crippen molar-refractivity contribution in [1.29, 1.82) is 0 Å². The van der Waals surface area contributed by atoms with E-state index in [-0.39, 0.29) is 0 Å². The minimum atomic E-state index is 0.801. The van der Waals surface area contributed by atoms with E-state index in [0.29, 0.717) is 0 Å². The Morgan fingerprint density at radius 3 is 2.15 bits per heavy atom.